The van der Waals surface area contributed by atoms with E-state index in [1.807, 2.05) is 24.3 Å². The summed E-state index contributed by atoms with van der Waals surface area (Å²) in [6.45, 7) is 3.24. The molecule has 7 nitrogen and oxygen atoms in total. The molecule has 0 bridgehead atoms. The Balaban J connectivity index is 2.14. The van der Waals surface area contributed by atoms with Gasteiger partial charge in [0, 0.05) is 18.8 Å². The highest BCUT2D eigenvalue weighted by molar-refractivity contribution is 9.10. The van der Waals surface area contributed by atoms with Crippen molar-refractivity contribution < 1.29 is 9.85 Å². The molecule has 1 aliphatic heterocycles. The van der Waals surface area contributed by atoms with Crippen molar-refractivity contribution in [2.75, 3.05) is 0 Å². The molecule has 0 amide bonds. The fraction of sp³-hybridized carbons (Fsp3) is 0.368. The number of nitro groups is 2. The van der Waals surface area contributed by atoms with Crippen LogP contribution in [0.15, 0.2) is 57.5 Å². The molecule has 1 fully saturated rings. The van der Waals surface area contributed by atoms with Crippen LogP contribution in [0.3, 0.4) is 0 Å². The van der Waals surface area contributed by atoms with Crippen LogP contribution in [0, 0.1) is 25.6 Å². The summed E-state index contributed by atoms with van der Waals surface area (Å²) in [5.41, 5.74) is 0.261. The zero-order valence-corrected chi connectivity index (χ0v) is 18.4. The van der Waals surface area contributed by atoms with Gasteiger partial charge < -0.3 is 0 Å². The lowest BCUT2D eigenvalue weighted by atomic mass is 9.66. The molecule has 0 aliphatic carbocycles. The van der Waals surface area contributed by atoms with Gasteiger partial charge in [0.25, 0.3) is 0 Å². The SMILES string of the molecule is CC1(C)[C@H]([N+](=O)[O-])[C@@H](c2ccc(Br)cc2)N[C@@H](c2ccc(Br)cc2)[C@H]1[N+](=O)[O-]. The molecule has 2 aromatic carbocycles. The molecule has 0 saturated carbocycles. The maximum atomic E-state index is 12.0. The van der Waals surface area contributed by atoms with Crippen molar-refractivity contribution in [2.24, 2.45) is 5.41 Å². The molecule has 148 valence electrons. The molecule has 1 heterocycles. The van der Waals surface area contributed by atoms with E-state index in [-0.39, 0.29) is 0 Å². The first kappa shape index (κ1) is 20.9. The van der Waals surface area contributed by atoms with Crippen molar-refractivity contribution in [3.63, 3.8) is 0 Å². The molecule has 0 unspecified atom stereocenters. The lowest BCUT2D eigenvalue weighted by Crippen LogP contribution is -2.63. The molecule has 0 aromatic heterocycles. The van der Waals surface area contributed by atoms with E-state index in [0.717, 1.165) is 20.1 Å². The standard InChI is InChI=1S/C19H19Br2N3O4/c1-19(2)17(23(25)26)15(11-3-7-13(20)8-4-11)22-16(18(19)24(27)28)12-5-9-14(21)10-6-12/h3-10,15-18,22H,1-2H3/t15-,16+,17-,18-/m1/s1. The summed E-state index contributed by atoms with van der Waals surface area (Å²) in [5, 5.41) is 27.2. The van der Waals surface area contributed by atoms with Crippen molar-refractivity contribution in [3.8, 4) is 0 Å². The lowest BCUT2D eigenvalue weighted by Gasteiger charge is -2.44. The Hall–Kier alpha value is -1.84. The summed E-state index contributed by atoms with van der Waals surface area (Å²) in [6.07, 6.45) is 0. The minimum atomic E-state index is -1.19. The maximum absolute atomic E-state index is 12.0. The van der Waals surface area contributed by atoms with E-state index in [1.54, 1.807) is 38.1 Å². The topological polar surface area (TPSA) is 98.3 Å². The quantitative estimate of drug-likeness (QED) is 0.463. The summed E-state index contributed by atoms with van der Waals surface area (Å²) >= 11 is 6.74. The van der Waals surface area contributed by atoms with E-state index >= 15 is 0 Å². The molecule has 4 atom stereocenters. The number of rotatable bonds is 4. The van der Waals surface area contributed by atoms with Gasteiger partial charge in [-0.1, -0.05) is 56.1 Å². The molecular weight excluding hydrogens is 494 g/mol. The molecule has 0 spiro atoms. The van der Waals surface area contributed by atoms with E-state index in [1.165, 1.54) is 0 Å². The minimum absolute atomic E-state index is 0.395. The number of halogens is 2. The fourth-order valence-electron chi connectivity index (χ4n) is 4.09. The summed E-state index contributed by atoms with van der Waals surface area (Å²) in [7, 11) is 0. The third-order valence-corrected chi connectivity index (χ3v) is 6.49. The molecule has 0 radical (unpaired) electrons. The lowest BCUT2D eigenvalue weighted by molar-refractivity contribution is -0.605. The highest BCUT2D eigenvalue weighted by Gasteiger charge is 2.62. The summed E-state index contributed by atoms with van der Waals surface area (Å²) < 4.78 is 1.72. The number of piperidine rings is 1. The molecule has 28 heavy (non-hydrogen) atoms. The van der Waals surface area contributed by atoms with Crippen LogP contribution in [0.4, 0.5) is 0 Å². The maximum Gasteiger partial charge on any atom is 0.243 e. The molecule has 3 rings (SSSR count). The second-order valence-corrected chi connectivity index (χ2v) is 9.34. The normalized spacial score (nSPS) is 26.6. The first-order valence-corrected chi connectivity index (χ1v) is 10.3. The van der Waals surface area contributed by atoms with Gasteiger partial charge in [0.1, 0.15) is 17.5 Å². The molecular formula is C19H19Br2N3O4. The highest BCUT2D eigenvalue weighted by Crippen LogP contribution is 2.47. The van der Waals surface area contributed by atoms with Crippen molar-refractivity contribution in [2.45, 2.75) is 38.0 Å². The smallest absolute Gasteiger partial charge is 0.243 e. The van der Waals surface area contributed by atoms with E-state index in [2.05, 4.69) is 37.2 Å². The van der Waals surface area contributed by atoms with E-state index in [9.17, 15) is 20.2 Å². The second kappa shape index (κ2) is 7.88. The van der Waals surface area contributed by atoms with Crippen molar-refractivity contribution >= 4 is 31.9 Å². The van der Waals surface area contributed by atoms with E-state index in [0.29, 0.717) is 0 Å². The Kier molecular flexibility index (Phi) is 5.88. The number of nitrogens with zero attached hydrogens (tertiary/aromatic N) is 2. The van der Waals surface area contributed by atoms with Gasteiger partial charge in [-0.25, -0.2) is 0 Å². The van der Waals surface area contributed by atoms with Crippen LogP contribution in [-0.4, -0.2) is 21.9 Å². The monoisotopic (exact) mass is 511 g/mol. The Morgan fingerprint density at radius 3 is 1.39 bits per heavy atom. The van der Waals surface area contributed by atoms with E-state index < -0.39 is 39.4 Å². The van der Waals surface area contributed by atoms with Crippen molar-refractivity contribution in [1.29, 1.82) is 0 Å². The number of nitrogens with one attached hydrogen (secondary N) is 1. The first-order chi connectivity index (χ1) is 13.1. The Morgan fingerprint density at radius 2 is 1.11 bits per heavy atom. The number of hydrogen-bond acceptors (Lipinski definition) is 5. The average molecular weight is 513 g/mol. The third kappa shape index (κ3) is 3.83. The largest absolute Gasteiger partial charge is 0.291 e. The molecule has 1 saturated heterocycles. The first-order valence-electron chi connectivity index (χ1n) is 8.67. The number of benzene rings is 2. The zero-order valence-electron chi connectivity index (χ0n) is 15.2. The predicted octanol–water partition coefficient (Wildman–Crippen LogP) is 4.91. The molecule has 1 aliphatic rings. The van der Waals surface area contributed by atoms with Gasteiger partial charge in [-0.2, -0.15) is 0 Å². The number of hydrogen-bond donors (Lipinski definition) is 1. The average Bonchev–Trinajstić information content (AvgIpc) is 2.60. The van der Waals surface area contributed by atoms with Crippen LogP contribution >= 0.6 is 31.9 Å². The van der Waals surface area contributed by atoms with Gasteiger partial charge in [0.05, 0.1) is 0 Å². The van der Waals surface area contributed by atoms with Gasteiger partial charge in [0.15, 0.2) is 0 Å². The summed E-state index contributed by atoms with van der Waals surface area (Å²) in [4.78, 5) is 23.2. The molecule has 9 heteroatoms. The van der Waals surface area contributed by atoms with Crippen LogP contribution in [0.1, 0.15) is 37.1 Å². The Morgan fingerprint density at radius 1 is 0.786 bits per heavy atom. The Bertz CT molecular complexity index is 816. The van der Waals surface area contributed by atoms with Crippen LogP contribution in [0.2, 0.25) is 0 Å². The van der Waals surface area contributed by atoms with Crippen LogP contribution < -0.4 is 5.32 Å². The Labute approximate surface area is 179 Å². The van der Waals surface area contributed by atoms with Gasteiger partial charge in [-0.3, -0.25) is 25.5 Å². The predicted molar refractivity (Wildman–Crippen MR) is 112 cm³/mol. The van der Waals surface area contributed by atoms with Crippen molar-refractivity contribution in [3.05, 3.63) is 88.8 Å². The highest BCUT2D eigenvalue weighted by atomic mass is 79.9. The fourth-order valence-corrected chi connectivity index (χ4v) is 4.62. The minimum Gasteiger partial charge on any atom is -0.291 e. The van der Waals surface area contributed by atoms with Crippen LogP contribution in [-0.2, 0) is 0 Å². The van der Waals surface area contributed by atoms with Gasteiger partial charge in [-0.05, 0) is 49.2 Å². The van der Waals surface area contributed by atoms with E-state index in [4.69, 9.17) is 0 Å². The summed E-state index contributed by atoms with van der Waals surface area (Å²) in [6, 6.07) is 10.8. The van der Waals surface area contributed by atoms with Gasteiger partial charge >= 0.3 is 0 Å². The van der Waals surface area contributed by atoms with Crippen molar-refractivity contribution in [1.82, 2.24) is 5.32 Å². The van der Waals surface area contributed by atoms with Gasteiger partial charge in [-0.15, -0.1) is 0 Å². The third-order valence-electron chi connectivity index (χ3n) is 5.43. The van der Waals surface area contributed by atoms with Crippen LogP contribution in [0.25, 0.3) is 0 Å². The molecule has 2 aromatic rings. The van der Waals surface area contributed by atoms with Crippen LogP contribution in [0.5, 0.6) is 0 Å². The summed E-state index contributed by atoms with van der Waals surface area (Å²) in [5.74, 6) is 0. The van der Waals surface area contributed by atoms with Gasteiger partial charge in [0.2, 0.25) is 12.1 Å². The molecule has 1 N–H and O–H groups in total. The second-order valence-electron chi connectivity index (χ2n) is 7.51. The zero-order chi connectivity index (χ0) is 20.6.